The van der Waals surface area contributed by atoms with E-state index in [1.54, 1.807) is 6.07 Å². The Balaban J connectivity index is 1.30. The Labute approximate surface area is 190 Å². The molecule has 2 fully saturated rings. The van der Waals surface area contributed by atoms with Gasteiger partial charge in [0.05, 0.1) is 7.11 Å². The molecule has 1 heterocycles. The Morgan fingerprint density at radius 2 is 1.81 bits per heavy atom. The van der Waals surface area contributed by atoms with Crippen molar-refractivity contribution in [3.05, 3.63) is 65.0 Å². The summed E-state index contributed by atoms with van der Waals surface area (Å²) in [5.74, 6) is 0.462. The van der Waals surface area contributed by atoms with Gasteiger partial charge in [0.2, 0.25) is 0 Å². The molecule has 2 aromatic rings. The van der Waals surface area contributed by atoms with Crippen molar-refractivity contribution in [2.24, 2.45) is 0 Å². The van der Waals surface area contributed by atoms with Gasteiger partial charge in [0, 0.05) is 23.7 Å². The van der Waals surface area contributed by atoms with E-state index >= 15 is 0 Å². The van der Waals surface area contributed by atoms with Crippen molar-refractivity contribution < 1.29 is 13.9 Å². The van der Waals surface area contributed by atoms with E-state index in [9.17, 15) is 9.18 Å². The Bertz CT molecular complexity index is 912. The summed E-state index contributed by atoms with van der Waals surface area (Å²) in [5, 5.41) is 10.2. The van der Waals surface area contributed by atoms with Gasteiger partial charge in [-0.15, -0.1) is 0 Å². The minimum Gasteiger partial charge on any atom is -0.494 e. The van der Waals surface area contributed by atoms with Crippen molar-refractivity contribution in [3.63, 3.8) is 0 Å². The summed E-state index contributed by atoms with van der Waals surface area (Å²) in [4.78, 5) is 12.5. The highest BCUT2D eigenvalue weighted by Gasteiger charge is 2.27. The quantitative estimate of drug-likeness (QED) is 0.602. The molecule has 0 aromatic heterocycles. The molecule has 4 rings (SSSR count). The van der Waals surface area contributed by atoms with Crippen LogP contribution in [0.2, 0.25) is 0 Å². The van der Waals surface area contributed by atoms with Gasteiger partial charge in [0.1, 0.15) is 0 Å². The van der Waals surface area contributed by atoms with Crippen molar-refractivity contribution in [2.45, 2.75) is 63.1 Å². The number of hydrogen-bond donors (Lipinski definition) is 3. The van der Waals surface area contributed by atoms with Crippen LogP contribution in [-0.4, -0.2) is 38.2 Å². The first kappa shape index (κ1) is 22.7. The van der Waals surface area contributed by atoms with Gasteiger partial charge < -0.3 is 20.7 Å². The van der Waals surface area contributed by atoms with Crippen molar-refractivity contribution in [1.29, 1.82) is 0 Å². The lowest BCUT2D eigenvalue weighted by Crippen LogP contribution is -2.42. The number of carbonyl (C=O) groups is 1. The molecule has 6 heteroatoms. The van der Waals surface area contributed by atoms with Crippen LogP contribution in [0.1, 0.15) is 72.5 Å². The zero-order chi connectivity index (χ0) is 22.5. The summed E-state index contributed by atoms with van der Waals surface area (Å²) in [6.45, 7) is 4.04. The van der Waals surface area contributed by atoms with Gasteiger partial charge in [-0.25, -0.2) is 4.39 Å². The number of methoxy groups -OCH3 is 1. The topological polar surface area (TPSA) is 62.4 Å². The Morgan fingerprint density at radius 1 is 1.06 bits per heavy atom. The number of ether oxygens (including phenoxy) is 1. The molecule has 5 nitrogen and oxygen atoms in total. The predicted octanol–water partition coefficient (Wildman–Crippen LogP) is 4.30. The average Bonchev–Trinajstić information content (AvgIpc) is 3.28. The number of nitrogens with one attached hydrogen (secondary N) is 3. The maximum atomic E-state index is 13.7. The lowest BCUT2D eigenvalue weighted by molar-refractivity contribution is 0.0929. The molecular weight excluding hydrogens is 405 g/mol. The lowest BCUT2D eigenvalue weighted by Gasteiger charge is -2.23. The monoisotopic (exact) mass is 439 g/mol. The third-order valence-electron chi connectivity index (χ3n) is 6.91. The first-order chi connectivity index (χ1) is 15.5. The molecular formula is C26H34FN3O2. The highest BCUT2D eigenvalue weighted by Crippen LogP contribution is 2.36. The zero-order valence-electron chi connectivity index (χ0n) is 19.0. The Hall–Kier alpha value is -2.44. The van der Waals surface area contributed by atoms with Crippen LogP contribution >= 0.6 is 0 Å². The van der Waals surface area contributed by atoms with Crippen LogP contribution in [-0.2, 0) is 0 Å². The zero-order valence-corrected chi connectivity index (χ0v) is 19.0. The second-order valence-corrected chi connectivity index (χ2v) is 9.11. The number of piperidine rings is 1. The van der Waals surface area contributed by atoms with E-state index in [1.807, 2.05) is 18.2 Å². The van der Waals surface area contributed by atoms with Gasteiger partial charge in [-0.3, -0.25) is 4.79 Å². The smallest absolute Gasteiger partial charge is 0.251 e. The number of hydrogen-bond acceptors (Lipinski definition) is 4. The first-order valence-electron chi connectivity index (χ1n) is 11.7. The summed E-state index contributed by atoms with van der Waals surface area (Å²) < 4.78 is 18.8. The van der Waals surface area contributed by atoms with Gasteiger partial charge in [-0.1, -0.05) is 18.2 Å². The summed E-state index contributed by atoms with van der Waals surface area (Å²) >= 11 is 0. The van der Waals surface area contributed by atoms with Crippen molar-refractivity contribution in [3.8, 4) is 5.75 Å². The third kappa shape index (κ3) is 5.48. The second-order valence-electron chi connectivity index (χ2n) is 9.11. The molecule has 1 aliphatic carbocycles. The van der Waals surface area contributed by atoms with E-state index in [-0.39, 0.29) is 29.6 Å². The van der Waals surface area contributed by atoms with Gasteiger partial charge in [0.25, 0.3) is 5.91 Å². The van der Waals surface area contributed by atoms with E-state index in [2.05, 4.69) is 35.0 Å². The van der Waals surface area contributed by atoms with E-state index in [1.165, 1.54) is 18.7 Å². The van der Waals surface area contributed by atoms with Crippen LogP contribution in [0, 0.1) is 5.82 Å². The van der Waals surface area contributed by atoms with Crippen LogP contribution in [0.25, 0.3) is 0 Å². The molecule has 2 aromatic carbocycles. The molecule has 0 spiro atoms. The fourth-order valence-electron chi connectivity index (χ4n) is 4.97. The maximum Gasteiger partial charge on any atom is 0.251 e. The lowest BCUT2D eigenvalue weighted by atomic mass is 9.96. The molecule has 3 N–H and O–H groups in total. The summed E-state index contributed by atoms with van der Waals surface area (Å²) in [7, 11) is 1.49. The van der Waals surface area contributed by atoms with Gasteiger partial charge >= 0.3 is 0 Å². The average molecular weight is 440 g/mol. The van der Waals surface area contributed by atoms with E-state index in [0.717, 1.165) is 56.3 Å². The Morgan fingerprint density at radius 3 is 2.53 bits per heavy atom. The Kier molecular flexibility index (Phi) is 7.43. The number of benzene rings is 2. The summed E-state index contributed by atoms with van der Waals surface area (Å²) in [5.41, 5.74) is 3.05. The minimum absolute atomic E-state index is 0.0259. The molecule has 1 saturated heterocycles. The standard InChI is InChI=1S/C26H34FN3O2/c1-17(20-8-10-24(27)25(16-20)32-2)29-23-9-7-21(15-23)18-3-5-19(6-4-18)26(31)30-22-11-13-28-14-12-22/h3-6,8,10,16-17,21-23,28-29H,7,9,11-15H2,1-2H3,(H,30,31)/t17-,21-,23?/m0/s1. The fraction of sp³-hybridized carbons (Fsp3) is 0.500. The third-order valence-corrected chi connectivity index (χ3v) is 6.91. The van der Waals surface area contributed by atoms with Crippen LogP contribution in [0.4, 0.5) is 4.39 Å². The maximum absolute atomic E-state index is 13.7. The molecule has 3 atom stereocenters. The number of rotatable bonds is 7. The first-order valence-corrected chi connectivity index (χ1v) is 11.7. The normalized spacial score (nSPS) is 22.5. The predicted molar refractivity (Wildman–Crippen MR) is 125 cm³/mol. The number of halogens is 1. The largest absolute Gasteiger partial charge is 0.494 e. The van der Waals surface area contributed by atoms with Crippen LogP contribution in [0.5, 0.6) is 5.75 Å². The highest BCUT2D eigenvalue weighted by molar-refractivity contribution is 5.94. The number of amides is 1. The molecule has 1 unspecified atom stereocenters. The molecule has 32 heavy (non-hydrogen) atoms. The SMILES string of the molecule is COc1cc([C@H](C)NC2CC[C@H](c3ccc(C(=O)NC4CCNCC4)cc3)C2)ccc1F. The van der Waals surface area contributed by atoms with E-state index < -0.39 is 0 Å². The minimum atomic E-state index is -0.336. The number of carbonyl (C=O) groups excluding carboxylic acids is 1. The fourth-order valence-corrected chi connectivity index (χ4v) is 4.97. The summed E-state index contributed by atoms with van der Waals surface area (Å²) in [6, 6.07) is 14.0. The van der Waals surface area contributed by atoms with Gasteiger partial charge in [-0.05, 0) is 93.4 Å². The van der Waals surface area contributed by atoms with Crippen molar-refractivity contribution in [2.75, 3.05) is 20.2 Å². The van der Waals surface area contributed by atoms with Crippen LogP contribution < -0.4 is 20.7 Å². The van der Waals surface area contributed by atoms with Crippen LogP contribution in [0.3, 0.4) is 0 Å². The van der Waals surface area contributed by atoms with Gasteiger partial charge in [0.15, 0.2) is 11.6 Å². The molecule has 0 radical (unpaired) electrons. The molecule has 1 aliphatic heterocycles. The van der Waals surface area contributed by atoms with Crippen molar-refractivity contribution in [1.82, 2.24) is 16.0 Å². The summed E-state index contributed by atoms with van der Waals surface area (Å²) in [6.07, 6.45) is 5.26. The van der Waals surface area contributed by atoms with E-state index in [4.69, 9.17) is 4.74 Å². The van der Waals surface area contributed by atoms with Gasteiger partial charge in [-0.2, -0.15) is 0 Å². The highest BCUT2D eigenvalue weighted by atomic mass is 19.1. The molecule has 2 aliphatic rings. The van der Waals surface area contributed by atoms with E-state index in [0.29, 0.717) is 12.0 Å². The molecule has 1 saturated carbocycles. The molecule has 1 amide bonds. The van der Waals surface area contributed by atoms with Crippen molar-refractivity contribution >= 4 is 5.91 Å². The second kappa shape index (κ2) is 10.5. The van der Waals surface area contributed by atoms with Crippen LogP contribution in [0.15, 0.2) is 42.5 Å². The molecule has 172 valence electrons. The molecule has 0 bridgehead atoms.